The summed E-state index contributed by atoms with van der Waals surface area (Å²) in [6.07, 6.45) is 2.80. The van der Waals surface area contributed by atoms with Crippen LogP contribution in [0, 0.1) is 0 Å². The maximum Gasteiger partial charge on any atom is 0.320 e. The van der Waals surface area contributed by atoms with E-state index in [4.69, 9.17) is 5.11 Å². The van der Waals surface area contributed by atoms with Gasteiger partial charge in [-0.1, -0.05) is 20.3 Å². The molecule has 0 radical (unpaired) electrons. The minimum Gasteiger partial charge on any atom is -0.480 e. The summed E-state index contributed by atoms with van der Waals surface area (Å²) in [5.41, 5.74) is 0. The Morgan fingerprint density at radius 3 is 2.55 bits per heavy atom. The van der Waals surface area contributed by atoms with Gasteiger partial charge in [-0.05, 0) is 19.4 Å². The summed E-state index contributed by atoms with van der Waals surface area (Å²) in [5.74, 6) is -0.747. The third-order valence-electron chi connectivity index (χ3n) is 1.63. The van der Waals surface area contributed by atoms with Gasteiger partial charge in [0.1, 0.15) is 6.04 Å². The summed E-state index contributed by atoms with van der Waals surface area (Å²) in [4.78, 5) is 10.5. The summed E-state index contributed by atoms with van der Waals surface area (Å²) in [6.45, 7) is 4.77. The van der Waals surface area contributed by atoms with E-state index in [0.29, 0.717) is 6.42 Å². The van der Waals surface area contributed by atoms with Crippen molar-refractivity contribution in [3.05, 3.63) is 0 Å². The molecule has 2 N–H and O–H groups in total. The van der Waals surface area contributed by atoms with Gasteiger partial charge >= 0.3 is 5.97 Å². The van der Waals surface area contributed by atoms with Crippen LogP contribution in [0.5, 0.6) is 0 Å². The SMILES string of the molecule is CCCCNC(CC)C(=O)O. The van der Waals surface area contributed by atoms with Gasteiger partial charge < -0.3 is 10.4 Å². The molecule has 0 bridgehead atoms. The van der Waals surface area contributed by atoms with Crippen molar-refractivity contribution in [2.45, 2.75) is 39.2 Å². The average molecular weight is 159 g/mol. The largest absolute Gasteiger partial charge is 0.480 e. The highest BCUT2D eigenvalue weighted by Crippen LogP contribution is 1.91. The molecule has 3 heteroatoms. The third kappa shape index (κ3) is 4.79. The molecule has 0 rings (SSSR count). The van der Waals surface area contributed by atoms with E-state index < -0.39 is 5.97 Å². The van der Waals surface area contributed by atoms with Crippen LogP contribution in [0.1, 0.15) is 33.1 Å². The van der Waals surface area contributed by atoms with Gasteiger partial charge in [-0.3, -0.25) is 4.79 Å². The second kappa shape index (κ2) is 6.16. The molecule has 0 aliphatic rings. The van der Waals surface area contributed by atoms with Crippen molar-refractivity contribution in [3.8, 4) is 0 Å². The van der Waals surface area contributed by atoms with E-state index in [0.717, 1.165) is 19.4 Å². The van der Waals surface area contributed by atoms with Crippen molar-refractivity contribution < 1.29 is 9.90 Å². The van der Waals surface area contributed by atoms with Gasteiger partial charge in [0.25, 0.3) is 0 Å². The molecule has 0 amide bonds. The van der Waals surface area contributed by atoms with Crippen molar-refractivity contribution >= 4 is 5.97 Å². The lowest BCUT2D eigenvalue weighted by Crippen LogP contribution is -2.36. The molecule has 0 aromatic rings. The molecule has 3 nitrogen and oxygen atoms in total. The van der Waals surface area contributed by atoms with Crippen molar-refractivity contribution in [1.82, 2.24) is 5.32 Å². The number of hydrogen-bond acceptors (Lipinski definition) is 2. The van der Waals surface area contributed by atoms with E-state index in [9.17, 15) is 4.79 Å². The molecule has 0 aliphatic carbocycles. The standard InChI is InChI=1S/C8H17NO2/c1-3-5-6-9-7(4-2)8(10)11/h7,9H,3-6H2,1-2H3,(H,10,11). The number of aliphatic carboxylic acids is 1. The maximum atomic E-state index is 10.5. The Morgan fingerprint density at radius 1 is 1.55 bits per heavy atom. The van der Waals surface area contributed by atoms with Crippen molar-refractivity contribution in [2.24, 2.45) is 0 Å². The fourth-order valence-electron chi connectivity index (χ4n) is 0.859. The molecule has 66 valence electrons. The first-order chi connectivity index (χ1) is 5.22. The topological polar surface area (TPSA) is 49.3 Å². The lowest BCUT2D eigenvalue weighted by molar-refractivity contribution is -0.139. The third-order valence-corrected chi connectivity index (χ3v) is 1.63. The quantitative estimate of drug-likeness (QED) is 0.573. The van der Waals surface area contributed by atoms with Gasteiger partial charge in [-0.15, -0.1) is 0 Å². The molecular formula is C8H17NO2. The fourth-order valence-corrected chi connectivity index (χ4v) is 0.859. The average Bonchev–Trinajstić information content (AvgIpc) is 1.97. The Morgan fingerprint density at radius 2 is 2.18 bits per heavy atom. The highest BCUT2D eigenvalue weighted by atomic mass is 16.4. The number of carboxylic acid groups (broad SMARTS) is 1. The summed E-state index contributed by atoms with van der Waals surface area (Å²) in [5, 5.41) is 11.6. The molecule has 0 fully saturated rings. The van der Waals surface area contributed by atoms with Crippen LogP contribution in [0.25, 0.3) is 0 Å². The minimum absolute atomic E-state index is 0.360. The van der Waals surface area contributed by atoms with Crippen LogP contribution in [0.2, 0.25) is 0 Å². The molecular weight excluding hydrogens is 142 g/mol. The van der Waals surface area contributed by atoms with Crippen LogP contribution < -0.4 is 5.32 Å². The van der Waals surface area contributed by atoms with Crippen LogP contribution in [0.3, 0.4) is 0 Å². The second-order valence-electron chi connectivity index (χ2n) is 2.61. The molecule has 1 unspecified atom stereocenters. The number of rotatable bonds is 6. The van der Waals surface area contributed by atoms with Crippen molar-refractivity contribution in [1.29, 1.82) is 0 Å². The predicted molar refractivity (Wildman–Crippen MR) is 44.6 cm³/mol. The molecule has 11 heavy (non-hydrogen) atoms. The summed E-state index contributed by atoms with van der Waals surface area (Å²) < 4.78 is 0. The number of hydrogen-bond donors (Lipinski definition) is 2. The Hall–Kier alpha value is -0.570. The lowest BCUT2D eigenvalue weighted by Gasteiger charge is -2.10. The fraction of sp³-hybridized carbons (Fsp3) is 0.875. The van der Waals surface area contributed by atoms with Crippen LogP contribution in [0.15, 0.2) is 0 Å². The van der Waals surface area contributed by atoms with Crippen LogP contribution in [-0.2, 0) is 4.79 Å². The highest BCUT2D eigenvalue weighted by Gasteiger charge is 2.12. The van der Waals surface area contributed by atoms with E-state index in [2.05, 4.69) is 12.2 Å². The normalized spacial score (nSPS) is 12.9. The van der Waals surface area contributed by atoms with E-state index in [-0.39, 0.29) is 6.04 Å². The Kier molecular flexibility index (Phi) is 5.84. The van der Waals surface area contributed by atoms with Crippen molar-refractivity contribution in [2.75, 3.05) is 6.54 Å². The number of nitrogens with one attached hydrogen (secondary N) is 1. The first-order valence-electron chi connectivity index (χ1n) is 4.18. The van der Waals surface area contributed by atoms with E-state index in [1.807, 2.05) is 6.92 Å². The van der Waals surface area contributed by atoms with Gasteiger partial charge in [-0.2, -0.15) is 0 Å². The summed E-state index contributed by atoms with van der Waals surface area (Å²) in [7, 11) is 0. The Bertz CT molecular complexity index is 115. The number of unbranched alkanes of at least 4 members (excludes halogenated alkanes) is 1. The first kappa shape index (κ1) is 10.4. The second-order valence-corrected chi connectivity index (χ2v) is 2.61. The lowest BCUT2D eigenvalue weighted by atomic mass is 10.2. The van der Waals surface area contributed by atoms with Gasteiger partial charge in [0.05, 0.1) is 0 Å². The molecule has 0 aromatic carbocycles. The van der Waals surface area contributed by atoms with Gasteiger partial charge in [-0.25, -0.2) is 0 Å². The molecule has 0 saturated heterocycles. The first-order valence-corrected chi connectivity index (χ1v) is 4.18. The summed E-state index contributed by atoms with van der Waals surface area (Å²) >= 11 is 0. The molecule has 0 aliphatic heterocycles. The molecule has 0 spiro atoms. The van der Waals surface area contributed by atoms with E-state index >= 15 is 0 Å². The zero-order valence-corrected chi connectivity index (χ0v) is 7.26. The number of carboxylic acids is 1. The van der Waals surface area contributed by atoms with Crippen LogP contribution >= 0.6 is 0 Å². The molecule has 1 atom stereocenters. The molecule has 0 aromatic heterocycles. The van der Waals surface area contributed by atoms with Gasteiger partial charge in [0.2, 0.25) is 0 Å². The Balaban J connectivity index is 3.44. The highest BCUT2D eigenvalue weighted by molar-refractivity contribution is 5.73. The summed E-state index contributed by atoms with van der Waals surface area (Å²) in [6, 6.07) is -0.360. The smallest absolute Gasteiger partial charge is 0.320 e. The number of carbonyl (C=O) groups is 1. The zero-order chi connectivity index (χ0) is 8.69. The monoisotopic (exact) mass is 159 g/mol. The van der Waals surface area contributed by atoms with Crippen LogP contribution in [0.4, 0.5) is 0 Å². The predicted octanol–water partition coefficient (Wildman–Crippen LogP) is 1.24. The van der Waals surface area contributed by atoms with E-state index in [1.165, 1.54) is 0 Å². The van der Waals surface area contributed by atoms with Crippen LogP contribution in [-0.4, -0.2) is 23.7 Å². The molecule has 0 heterocycles. The van der Waals surface area contributed by atoms with E-state index in [1.54, 1.807) is 0 Å². The van der Waals surface area contributed by atoms with Crippen molar-refractivity contribution in [3.63, 3.8) is 0 Å². The van der Waals surface area contributed by atoms with Gasteiger partial charge in [0.15, 0.2) is 0 Å². The zero-order valence-electron chi connectivity index (χ0n) is 7.26. The minimum atomic E-state index is -0.747. The van der Waals surface area contributed by atoms with Gasteiger partial charge in [0, 0.05) is 0 Å². The molecule has 0 saturated carbocycles. The Labute approximate surface area is 67.8 Å². The maximum absolute atomic E-state index is 10.5.